The Balaban J connectivity index is 0.00000272. The Morgan fingerprint density at radius 3 is 2.74 bits per heavy atom. The topological polar surface area (TPSA) is 41.6 Å². The molecule has 3 aromatic carbocycles. The zero-order valence-electron chi connectivity index (χ0n) is 17.2. The van der Waals surface area contributed by atoms with Gasteiger partial charge in [-0.3, -0.25) is 4.79 Å². The fourth-order valence-corrected chi connectivity index (χ4v) is 3.87. The van der Waals surface area contributed by atoms with Crippen LogP contribution in [0.2, 0.25) is 0 Å². The molecule has 164 valence electrons. The lowest BCUT2D eigenvalue weighted by Crippen LogP contribution is -2.49. The van der Waals surface area contributed by atoms with E-state index in [4.69, 9.17) is 4.74 Å². The van der Waals surface area contributed by atoms with Gasteiger partial charge < -0.3 is 15.0 Å². The minimum atomic E-state index is -0.519. The van der Waals surface area contributed by atoms with E-state index in [1.807, 2.05) is 18.2 Å². The van der Waals surface area contributed by atoms with E-state index in [9.17, 15) is 13.6 Å². The highest BCUT2D eigenvalue weighted by Crippen LogP contribution is 2.24. The van der Waals surface area contributed by atoms with Gasteiger partial charge in [-0.15, -0.1) is 12.4 Å². The molecule has 1 unspecified atom stereocenters. The van der Waals surface area contributed by atoms with Crippen molar-refractivity contribution in [2.24, 2.45) is 0 Å². The van der Waals surface area contributed by atoms with Crippen LogP contribution < -0.4 is 5.32 Å². The van der Waals surface area contributed by atoms with Crippen LogP contribution in [0.5, 0.6) is 0 Å². The van der Waals surface area contributed by atoms with Crippen LogP contribution in [0.25, 0.3) is 10.8 Å². The van der Waals surface area contributed by atoms with Crippen molar-refractivity contribution in [2.75, 3.05) is 19.7 Å². The average molecular weight is 447 g/mol. The van der Waals surface area contributed by atoms with Gasteiger partial charge in [0.05, 0.1) is 6.10 Å². The van der Waals surface area contributed by atoms with E-state index >= 15 is 0 Å². The molecule has 0 bridgehead atoms. The van der Waals surface area contributed by atoms with Gasteiger partial charge in [0.15, 0.2) is 0 Å². The van der Waals surface area contributed by atoms with Crippen LogP contribution in [0, 0.1) is 11.6 Å². The monoisotopic (exact) mass is 446 g/mol. The molecule has 1 saturated heterocycles. The van der Waals surface area contributed by atoms with Crippen LogP contribution >= 0.6 is 12.4 Å². The van der Waals surface area contributed by atoms with Gasteiger partial charge in [0.1, 0.15) is 18.2 Å². The molecule has 1 N–H and O–H groups in total. The number of rotatable bonds is 6. The SMILES string of the molecule is C[C@@H](NCC1CN(Cc2cc(F)ccc2F)C(=O)CO1)c1cccc2ccccc12.Cl. The van der Waals surface area contributed by atoms with Gasteiger partial charge in [0.2, 0.25) is 5.91 Å². The van der Waals surface area contributed by atoms with Crippen molar-refractivity contribution in [3.05, 3.63) is 83.4 Å². The Labute approximate surface area is 186 Å². The number of hydrogen-bond donors (Lipinski definition) is 1. The van der Waals surface area contributed by atoms with Gasteiger partial charge in [-0.05, 0) is 41.5 Å². The van der Waals surface area contributed by atoms with Crippen LogP contribution in [0.15, 0.2) is 60.7 Å². The second kappa shape index (κ2) is 10.2. The number of fused-ring (bicyclic) bond motifs is 1. The van der Waals surface area contributed by atoms with Crippen LogP contribution in [0.3, 0.4) is 0 Å². The normalized spacial score (nSPS) is 17.5. The minimum Gasteiger partial charge on any atom is -0.365 e. The lowest BCUT2D eigenvalue weighted by Gasteiger charge is -2.33. The molecule has 0 aromatic heterocycles. The van der Waals surface area contributed by atoms with Gasteiger partial charge in [-0.2, -0.15) is 0 Å². The summed E-state index contributed by atoms with van der Waals surface area (Å²) >= 11 is 0. The summed E-state index contributed by atoms with van der Waals surface area (Å²) in [6, 6.07) is 17.8. The van der Waals surface area contributed by atoms with Gasteiger partial charge >= 0.3 is 0 Å². The van der Waals surface area contributed by atoms with Crippen molar-refractivity contribution in [1.29, 1.82) is 0 Å². The number of benzene rings is 3. The number of halogens is 3. The molecule has 1 fully saturated rings. The summed E-state index contributed by atoms with van der Waals surface area (Å²) in [7, 11) is 0. The van der Waals surface area contributed by atoms with Crippen molar-refractivity contribution < 1.29 is 18.3 Å². The average Bonchev–Trinajstić information content (AvgIpc) is 2.76. The highest BCUT2D eigenvalue weighted by Gasteiger charge is 2.27. The molecule has 0 spiro atoms. The number of morpholine rings is 1. The molecular weight excluding hydrogens is 422 g/mol. The third-order valence-electron chi connectivity index (χ3n) is 5.53. The fraction of sp³-hybridized carbons (Fsp3) is 0.292. The third-order valence-corrected chi connectivity index (χ3v) is 5.53. The van der Waals surface area contributed by atoms with Crippen molar-refractivity contribution >= 4 is 29.1 Å². The van der Waals surface area contributed by atoms with Crippen molar-refractivity contribution in [3.8, 4) is 0 Å². The number of nitrogens with one attached hydrogen (secondary N) is 1. The molecule has 2 atom stereocenters. The predicted molar refractivity (Wildman–Crippen MR) is 119 cm³/mol. The lowest BCUT2D eigenvalue weighted by atomic mass is 9.99. The largest absolute Gasteiger partial charge is 0.365 e. The maximum absolute atomic E-state index is 14.0. The zero-order chi connectivity index (χ0) is 21.1. The van der Waals surface area contributed by atoms with Gasteiger partial charge in [0, 0.05) is 31.2 Å². The Bertz CT molecular complexity index is 1060. The van der Waals surface area contributed by atoms with E-state index in [1.165, 1.54) is 21.2 Å². The second-order valence-corrected chi connectivity index (χ2v) is 7.64. The van der Waals surface area contributed by atoms with E-state index in [-0.39, 0.29) is 49.2 Å². The smallest absolute Gasteiger partial charge is 0.248 e. The summed E-state index contributed by atoms with van der Waals surface area (Å²) in [6.07, 6.45) is -0.225. The van der Waals surface area contributed by atoms with Crippen LogP contribution in [0.4, 0.5) is 8.78 Å². The molecule has 0 aliphatic carbocycles. The van der Waals surface area contributed by atoms with Gasteiger partial charge in [-0.1, -0.05) is 42.5 Å². The Morgan fingerprint density at radius 2 is 1.90 bits per heavy atom. The lowest BCUT2D eigenvalue weighted by molar-refractivity contribution is -0.149. The van der Waals surface area contributed by atoms with E-state index in [1.54, 1.807) is 0 Å². The summed E-state index contributed by atoms with van der Waals surface area (Å²) < 4.78 is 33.1. The first kappa shape index (κ1) is 23.1. The molecular formula is C24H25ClF2N2O2. The van der Waals surface area contributed by atoms with Gasteiger partial charge in [0.25, 0.3) is 0 Å². The Hall–Kier alpha value is -2.54. The van der Waals surface area contributed by atoms with Crippen molar-refractivity contribution in [3.63, 3.8) is 0 Å². The molecule has 4 nitrogen and oxygen atoms in total. The van der Waals surface area contributed by atoms with Crippen LogP contribution in [-0.4, -0.2) is 36.6 Å². The quantitative estimate of drug-likeness (QED) is 0.600. The highest BCUT2D eigenvalue weighted by molar-refractivity contribution is 5.86. The number of hydrogen-bond acceptors (Lipinski definition) is 3. The molecule has 0 radical (unpaired) electrons. The number of amides is 1. The van der Waals surface area contributed by atoms with Crippen LogP contribution in [0.1, 0.15) is 24.1 Å². The number of nitrogens with zero attached hydrogens (tertiary/aromatic N) is 1. The molecule has 4 rings (SSSR count). The molecule has 1 amide bonds. The van der Waals surface area contributed by atoms with Crippen molar-refractivity contribution in [1.82, 2.24) is 10.2 Å². The third kappa shape index (κ3) is 5.39. The Morgan fingerprint density at radius 1 is 1.13 bits per heavy atom. The van der Waals surface area contributed by atoms with E-state index in [0.29, 0.717) is 13.1 Å². The van der Waals surface area contributed by atoms with E-state index < -0.39 is 11.6 Å². The standard InChI is InChI=1S/C24H24F2N2O2.ClH/c1-16(21-8-4-6-17-5-2-3-7-22(17)21)27-12-20-14-28(24(29)15-30-20)13-18-11-19(25)9-10-23(18)26;/h2-11,16,20,27H,12-15H2,1H3;1H/t16-,20?;/m1./s1. The summed E-state index contributed by atoms with van der Waals surface area (Å²) in [5.74, 6) is -1.26. The van der Waals surface area contributed by atoms with Crippen molar-refractivity contribution in [2.45, 2.75) is 25.6 Å². The van der Waals surface area contributed by atoms with E-state index in [2.05, 4.69) is 36.5 Å². The minimum absolute atomic E-state index is 0. The summed E-state index contributed by atoms with van der Waals surface area (Å²) in [4.78, 5) is 13.7. The number of carbonyl (C=O) groups is 1. The first-order valence-corrected chi connectivity index (χ1v) is 10.1. The van der Waals surface area contributed by atoms with Gasteiger partial charge in [-0.25, -0.2) is 8.78 Å². The molecule has 0 saturated carbocycles. The molecule has 1 aliphatic heterocycles. The number of carbonyl (C=O) groups excluding carboxylic acids is 1. The second-order valence-electron chi connectivity index (χ2n) is 7.64. The fourth-order valence-electron chi connectivity index (χ4n) is 3.87. The van der Waals surface area contributed by atoms with E-state index in [0.717, 1.165) is 18.2 Å². The molecule has 3 aromatic rings. The molecule has 31 heavy (non-hydrogen) atoms. The summed E-state index contributed by atoms with van der Waals surface area (Å²) in [6.45, 7) is 2.92. The number of ether oxygens (including phenoxy) is 1. The maximum atomic E-state index is 14.0. The first-order valence-electron chi connectivity index (χ1n) is 10.1. The molecule has 1 heterocycles. The predicted octanol–water partition coefficient (Wildman–Crippen LogP) is 4.62. The zero-order valence-corrected chi connectivity index (χ0v) is 18.0. The highest BCUT2D eigenvalue weighted by atomic mass is 35.5. The Kier molecular flexibility index (Phi) is 7.59. The molecule has 7 heteroatoms. The summed E-state index contributed by atoms with van der Waals surface area (Å²) in [5.41, 5.74) is 1.36. The maximum Gasteiger partial charge on any atom is 0.248 e. The summed E-state index contributed by atoms with van der Waals surface area (Å²) in [5, 5.41) is 5.87. The first-order chi connectivity index (χ1) is 14.5. The van der Waals surface area contributed by atoms with Crippen LogP contribution in [-0.2, 0) is 16.1 Å². The molecule has 1 aliphatic rings.